The predicted octanol–water partition coefficient (Wildman–Crippen LogP) is 7.65. The Morgan fingerprint density at radius 2 is 1.69 bits per heavy atom. The second-order valence-electron chi connectivity index (χ2n) is 7.36. The van der Waals surface area contributed by atoms with Gasteiger partial charge in [0, 0.05) is 15.7 Å². The van der Waals surface area contributed by atoms with Gasteiger partial charge in [-0.25, -0.2) is 4.98 Å². The number of carbonyl (C=O) groups excluding carboxylic acids is 1. The lowest BCUT2D eigenvalue weighted by atomic mass is 10.1. The fourth-order valence-electron chi connectivity index (χ4n) is 3.39. The van der Waals surface area contributed by atoms with Crippen molar-refractivity contribution in [2.24, 2.45) is 0 Å². The second kappa shape index (κ2) is 8.50. The predicted molar refractivity (Wildman–Crippen MR) is 139 cm³/mol. The molecule has 0 aliphatic heterocycles. The fraction of sp³-hybridized carbons (Fsp3) is 0.0400. The van der Waals surface area contributed by atoms with Crippen molar-refractivity contribution in [1.82, 2.24) is 4.98 Å². The molecule has 0 saturated carbocycles. The number of para-hydroxylation sites is 1. The lowest BCUT2D eigenvalue weighted by Crippen LogP contribution is -2.02. The zero-order valence-electron chi connectivity index (χ0n) is 17.1. The number of hydrogen-bond acceptors (Lipinski definition) is 6. The van der Waals surface area contributed by atoms with Gasteiger partial charge >= 0.3 is 0 Å². The van der Waals surface area contributed by atoms with Crippen LogP contribution < -0.4 is 11.1 Å². The number of rotatable bonds is 5. The zero-order valence-corrected chi connectivity index (χ0v) is 20.3. The molecule has 2 aromatic heterocycles. The molecule has 0 fully saturated rings. The molecule has 3 N–H and O–H groups in total. The van der Waals surface area contributed by atoms with Gasteiger partial charge in [0.15, 0.2) is 0 Å². The lowest BCUT2D eigenvalue weighted by Gasteiger charge is -2.07. The van der Waals surface area contributed by atoms with E-state index in [9.17, 15) is 4.79 Å². The molecule has 7 heteroatoms. The molecule has 5 rings (SSSR count). The van der Waals surface area contributed by atoms with Gasteiger partial charge in [-0.15, -0.1) is 22.7 Å². The van der Waals surface area contributed by atoms with E-state index < -0.39 is 0 Å². The molecule has 2 heterocycles. The highest BCUT2D eigenvalue weighted by Crippen LogP contribution is 2.47. The Hall–Kier alpha value is -3.00. The minimum atomic E-state index is -0.0979. The maximum Gasteiger partial charge on any atom is 0.205 e. The van der Waals surface area contributed by atoms with Crippen LogP contribution in [-0.2, 0) is 0 Å². The van der Waals surface area contributed by atoms with Crippen molar-refractivity contribution in [2.75, 3.05) is 11.1 Å². The van der Waals surface area contributed by atoms with Crippen LogP contribution >= 0.6 is 38.6 Å². The minimum absolute atomic E-state index is 0.0979. The van der Waals surface area contributed by atoms with Gasteiger partial charge in [0.2, 0.25) is 5.78 Å². The van der Waals surface area contributed by atoms with Crippen LogP contribution in [0.2, 0.25) is 0 Å². The highest BCUT2D eigenvalue weighted by atomic mass is 79.9. The van der Waals surface area contributed by atoms with Gasteiger partial charge in [0.05, 0.1) is 21.5 Å². The maximum absolute atomic E-state index is 13.3. The van der Waals surface area contributed by atoms with E-state index in [2.05, 4.69) is 28.2 Å². The highest BCUT2D eigenvalue weighted by molar-refractivity contribution is 9.10. The Bertz CT molecular complexity index is 1400. The maximum atomic E-state index is 13.3. The highest BCUT2D eigenvalue weighted by Gasteiger charge is 2.25. The van der Waals surface area contributed by atoms with Crippen LogP contribution in [0.1, 0.15) is 20.8 Å². The summed E-state index contributed by atoms with van der Waals surface area (Å²) in [6, 6.07) is 23.4. The van der Waals surface area contributed by atoms with Crippen molar-refractivity contribution < 1.29 is 4.79 Å². The van der Waals surface area contributed by atoms with Crippen LogP contribution in [0.4, 0.5) is 16.4 Å². The molecule has 0 saturated heterocycles. The molecule has 0 spiro atoms. The molecular weight excluding hydrogens is 502 g/mol. The number of aryl methyl sites for hydroxylation is 1. The monoisotopic (exact) mass is 519 g/mol. The van der Waals surface area contributed by atoms with Crippen molar-refractivity contribution in [2.45, 2.75) is 6.92 Å². The summed E-state index contributed by atoms with van der Waals surface area (Å²) in [5.41, 5.74) is 11.5. The van der Waals surface area contributed by atoms with Gasteiger partial charge in [-0.05, 0) is 55.5 Å². The Labute approximate surface area is 201 Å². The minimum Gasteiger partial charge on any atom is -0.397 e. The SMILES string of the molecule is Cc1ccc(Nc2sc(C(=O)c3ccc(Br)cc3)c(N)c2-c2nc3ccccc3s2)cc1. The third kappa shape index (κ3) is 3.95. The summed E-state index contributed by atoms with van der Waals surface area (Å²) in [6.45, 7) is 2.05. The fourth-order valence-corrected chi connectivity index (χ4v) is 5.86. The number of hydrogen-bond donors (Lipinski definition) is 2. The largest absolute Gasteiger partial charge is 0.397 e. The number of fused-ring (bicyclic) bond motifs is 1. The summed E-state index contributed by atoms with van der Waals surface area (Å²) in [7, 11) is 0. The topological polar surface area (TPSA) is 68.0 Å². The number of nitrogen functional groups attached to an aromatic ring is 1. The molecule has 0 bridgehead atoms. The summed E-state index contributed by atoms with van der Waals surface area (Å²) in [6.07, 6.45) is 0. The number of nitrogens with one attached hydrogen (secondary N) is 1. The van der Waals surface area contributed by atoms with Crippen LogP contribution in [0, 0.1) is 6.92 Å². The molecule has 4 nitrogen and oxygen atoms in total. The number of aromatic nitrogens is 1. The molecule has 0 aliphatic carbocycles. The van der Waals surface area contributed by atoms with E-state index in [4.69, 9.17) is 10.7 Å². The number of anilines is 3. The molecule has 0 atom stereocenters. The molecule has 0 radical (unpaired) electrons. The number of ketones is 1. The molecular formula is C25H18BrN3OS2. The van der Waals surface area contributed by atoms with E-state index in [0.717, 1.165) is 35.9 Å². The van der Waals surface area contributed by atoms with Crippen molar-refractivity contribution >= 4 is 71.0 Å². The van der Waals surface area contributed by atoms with E-state index in [1.54, 1.807) is 23.5 Å². The average Bonchev–Trinajstić information content (AvgIpc) is 3.35. The smallest absolute Gasteiger partial charge is 0.205 e. The Balaban J connectivity index is 1.64. The first kappa shape index (κ1) is 20.9. The van der Waals surface area contributed by atoms with Gasteiger partial charge in [-0.1, -0.05) is 45.8 Å². The number of thiophene rings is 1. The molecule has 32 heavy (non-hydrogen) atoms. The molecule has 3 aromatic carbocycles. The normalized spacial score (nSPS) is 11.1. The third-order valence-corrected chi connectivity index (χ3v) is 7.78. The van der Waals surface area contributed by atoms with Crippen molar-refractivity contribution in [3.8, 4) is 10.6 Å². The van der Waals surface area contributed by atoms with Crippen molar-refractivity contribution in [3.05, 3.63) is 93.3 Å². The van der Waals surface area contributed by atoms with Gasteiger partial charge in [-0.2, -0.15) is 0 Å². The van der Waals surface area contributed by atoms with E-state index in [1.165, 1.54) is 16.9 Å². The number of thiazole rings is 1. The molecule has 0 aliphatic rings. The number of halogens is 1. The zero-order chi connectivity index (χ0) is 22.2. The summed E-state index contributed by atoms with van der Waals surface area (Å²) in [5, 5.41) is 5.07. The first-order valence-electron chi connectivity index (χ1n) is 9.92. The second-order valence-corrected chi connectivity index (χ2v) is 10.3. The van der Waals surface area contributed by atoms with Crippen LogP contribution in [0.5, 0.6) is 0 Å². The van der Waals surface area contributed by atoms with E-state index >= 15 is 0 Å². The van der Waals surface area contributed by atoms with E-state index in [1.807, 2.05) is 60.7 Å². The number of benzene rings is 3. The van der Waals surface area contributed by atoms with Gasteiger partial charge in [-0.3, -0.25) is 4.79 Å². The van der Waals surface area contributed by atoms with Gasteiger partial charge in [0.25, 0.3) is 0 Å². The summed E-state index contributed by atoms with van der Waals surface area (Å²) >= 11 is 6.36. The summed E-state index contributed by atoms with van der Waals surface area (Å²) in [4.78, 5) is 18.6. The summed E-state index contributed by atoms with van der Waals surface area (Å²) < 4.78 is 2.00. The third-order valence-electron chi connectivity index (χ3n) is 5.07. The van der Waals surface area contributed by atoms with Crippen molar-refractivity contribution in [1.29, 1.82) is 0 Å². The quantitative estimate of drug-likeness (QED) is 0.234. The molecule has 5 aromatic rings. The van der Waals surface area contributed by atoms with Crippen molar-refractivity contribution in [3.63, 3.8) is 0 Å². The van der Waals surface area contributed by atoms with Crippen LogP contribution in [0.15, 0.2) is 77.3 Å². The Morgan fingerprint density at radius 3 is 2.41 bits per heavy atom. The molecule has 0 amide bonds. The van der Waals surface area contributed by atoms with Crippen LogP contribution in [-0.4, -0.2) is 10.8 Å². The molecule has 158 valence electrons. The standard InChI is InChI=1S/C25H18BrN3OS2/c1-14-6-12-17(13-7-14)28-24-20(25-29-18-4-2-3-5-19(18)31-25)21(27)23(32-24)22(30)15-8-10-16(26)11-9-15/h2-13,28H,27H2,1H3. The molecule has 0 unspecified atom stereocenters. The Kier molecular flexibility index (Phi) is 5.55. The average molecular weight is 520 g/mol. The first-order chi connectivity index (χ1) is 15.5. The van der Waals surface area contributed by atoms with Crippen LogP contribution in [0.3, 0.4) is 0 Å². The lowest BCUT2D eigenvalue weighted by molar-refractivity contribution is 0.104. The van der Waals surface area contributed by atoms with Crippen LogP contribution in [0.25, 0.3) is 20.8 Å². The first-order valence-corrected chi connectivity index (χ1v) is 12.3. The Morgan fingerprint density at radius 1 is 0.969 bits per heavy atom. The number of nitrogens with two attached hydrogens (primary N) is 1. The number of carbonyl (C=O) groups is 1. The van der Waals surface area contributed by atoms with E-state index in [0.29, 0.717) is 16.1 Å². The van der Waals surface area contributed by atoms with Gasteiger partial charge in [0.1, 0.15) is 14.9 Å². The van der Waals surface area contributed by atoms with Gasteiger partial charge < -0.3 is 11.1 Å². The summed E-state index contributed by atoms with van der Waals surface area (Å²) in [5.74, 6) is -0.0979. The number of nitrogens with zero attached hydrogens (tertiary/aromatic N) is 1. The van der Waals surface area contributed by atoms with E-state index in [-0.39, 0.29) is 5.78 Å².